The molecule has 0 aliphatic carbocycles. The van der Waals surface area contributed by atoms with Crippen LogP contribution < -0.4 is 9.86 Å². The highest BCUT2D eigenvalue weighted by atomic mass is 32.2. The Morgan fingerprint density at radius 3 is 2.28 bits per heavy atom. The molecule has 0 aliphatic heterocycles. The molecule has 2 aromatic carbocycles. The molecule has 0 fully saturated rings. The molecular weight excluding hydrogens is 461 g/mol. The minimum absolute atomic E-state index is 0.130. The summed E-state index contributed by atoms with van der Waals surface area (Å²) in [5.41, 5.74) is -0.0515. The van der Waals surface area contributed by atoms with Gasteiger partial charge >= 0.3 is 0 Å². The maximum absolute atomic E-state index is 14.7. The van der Waals surface area contributed by atoms with Gasteiger partial charge in [0.25, 0.3) is 15.9 Å². The Labute approximate surface area is 181 Å². The number of primary sulfonamides is 1. The molecule has 0 aliphatic rings. The van der Waals surface area contributed by atoms with E-state index < -0.39 is 47.1 Å². The molecular formula is C20H14FN3O6S2. The van der Waals surface area contributed by atoms with Gasteiger partial charge in [-0.3, -0.25) is 4.79 Å². The van der Waals surface area contributed by atoms with Gasteiger partial charge < -0.3 is 4.42 Å². The molecule has 0 saturated heterocycles. The summed E-state index contributed by atoms with van der Waals surface area (Å²) >= 11 is 0. The van der Waals surface area contributed by atoms with Gasteiger partial charge in [0.15, 0.2) is 11.6 Å². The summed E-state index contributed by atoms with van der Waals surface area (Å²) in [7, 11) is -9.03. The number of rotatable bonds is 5. The Morgan fingerprint density at radius 2 is 1.62 bits per heavy atom. The van der Waals surface area contributed by atoms with Gasteiger partial charge in [-0.1, -0.05) is 30.3 Å². The van der Waals surface area contributed by atoms with E-state index in [-0.39, 0.29) is 11.5 Å². The fourth-order valence-corrected chi connectivity index (χ4v) is 5.34. The minimum atomic E-state index is -4.64. The van der Waals surface area contributed by atoms with Gasteiger partial charge in [-0.2, -0.15) is 0 Å². The second kappa shape index (κ2) is 7.82. The maximum atomic E-state index is 14.7. The van der Waals surface area contributed by atoms with E-state index in [1.165, 1.54) is 12.1 Å². The topological polar surface area (TPSA) is 149 Å². The zero-order chi connectivity index (χ0) is 23.1. The number of nitrogens with two attached hydrogens (primary N) is 1. The first-order chi connectivity index (χ1) is 15.1. The van der Waals surface area contributed by atoms with E-state index in [0.717, 1.165) is 29.8 Å². The summed E-state index contributed by atoms with van der Waals surface area (Å²) in [6.45, 7) is 0. The van der Waals surface area contributed by atoms with Crippen LogP contribution in [0.4, 0.5) is 4.39 Å². The number of fused-ring (bicyclic) bond motifs is 1. The van der Waals surface area contributed by atoms with E-state index in [4.69, 9.17) is 9.56 Å². The van der Waals surface area contributed by atoms with Crippen LogP contribution in [0.1, 0.15) is 10.4 Å². The molecule has 0 saturated carbocycles. The first kappa shape index (κ1) is 21.6. The van der Waals surface area contributed by atoms with Crippen LogP contribution in [-0.2, 0) is 20.0 Å². The zero-order valence-electron chi connectivity index (χ0n) is 16.0. The third kappa shape index (κ3) is 4.10. The van der Waals surface area contributed by atoms with Gasteiger partial charge in [-0.05, 0) is 30.3 Å². The van der Waals surface area contributed by atoms with Crippen molar-refractivity contribution in [3.8, 4) is 11.5 Å². The lowest BCUT2D eigenvalue weighted by Crippen LogP contribution is -2.32. The number of hydrogen-bond acceptors (Lipinski definition) is 7. The number of carbonyl (C=O) groups excluding carboxylic acids is 1. The van der Waals surface area contributed by atoms with E-state index in [1.807, 2.05) is 0 Å². The zero-order valence-corrected chi connectivity index (χ0v) is 17.7. The van der Waals surface area contributed by atoms with Crippen molar-refractivity contribution in [2.45, 2.75) is 9.79 Å². The summed E-state index contributed by atoms with van der Waals surface area (Å²) in [4.78, 5) is 14.9. The number of halogens is 1. The van der Waals surface area contributed by atoms with Crippen LogP contribution in [0.25, 0.3) is 22.4 Å². The first-order valence-electron chi connectivity index (χ1n) is 8.90. The molecule has 3 N–H and O–H groups in total. The number of aromatic nitrogens is 1. The highest BCUT2D eigenvalue weighted by Crippen LogP contribution is 2.28. The number of nitrogens with zero attached hydrogens (tertiary/aromatic N) is 1. The Kier molecular flexibility index (Phi) is 5.28. The van der Waals surface area contributed by atoms with Crippen molar-refractivity contribution in [1.29, 1.82) is 0 Å². The average Bonchev–Trinajstić information content (AvgIpc) is 3.16. The van der Waals surface area contributed by atoms with Crippen molar-refractivity contribution in [2.24, 2.45) is 5.14 Å². The number of benzene rings is 2. The van der Waals surface area contributed by atoms with Crippen LogP contribution in [0.15, 0.2) is 81.1 Å². The van der Waals surface area contributed by atoms with Gasteiger partial charge in [-0.25, -0.2) is 36.1 Å². The van der Waals surface area contributed by atoms with E-state index in [2.05, 4.69) is 4.98 Å². The van der Waals surface area contributed by atoms with Crippen molar-refractivity contribution in [3.05, 3.63) is 78.2 Å². The number of hydrogen-bond donors (Lipinski definition) is 2. The molecule has 0 unspecified atom stereocenters. The number of furan rings is 1. The molecule has 164 valence electrons. The van der Waals surface area contributed by atoms with Crippen LogP contribution in [0, 0.1) is 5.82 Å². The van der Waals surface area contributed by atoms with Crippen molar-refractivity contribution >= 4 is 36.9 Å². The van der Waals surface area contributed by atoms with Crippen molar-refractivity contribution in [3.63, 3.8) is 0 Å². The second-order valence-corrected chi connectivity index (χ2v) is 9.81. The molecule has 2 aromatic heterocycles. The van der Waals surface area contributed by atoms with Crippen LogP contribution >= 0.6 is 0 Å². The Morgan fingerprint density at radius 1 is 0.969 bits per heavy atom. The molecule has 0 radical (unpaired) electrons. The quantitative estimate of drug-likeness (QED) is 0.450. The lowest BCUT2D eigenvalue weighted by molar-refractivity contribution is 0.0980. The fourth-order valence-electron chi connectivity index (χ4n) is 2.99. The average molecular weight is 475 g/mol. The molecule has 4 aromatic rings. The Bertz CT molecular complexity index is 1550. The van der Waals surface area contributed by atoms with Crippen LogP contribution in [0.5, 0.6) is 0 Å². The summed E-state index contributed by atoms with van der Waals surface area (Å²) in [5, 5.41) is 5.77. The van der Waals surface area contributed by atoms with Crippen molar-refractivity contribution in [1.82, 2.24) is 9.71 Å². The van der Waals surface area contributed by atoms with Crippen LogP contribution in [0.3, 0.4) is 0 Å². The normalized spacial score (nSPS) is 12.1. The fraction of sp³-hybridized carbons (Fsp3) is 0. The van der Waals surface area contributed by atoms with Crippen molar-refractivity contribution in [2.75, 3.05) is 0 Å². The number of carbonyl (C=O) groups is 1. The van der Waals surface area contributed by atoms with Gasteiger partial charge in [-0.15, -0.1) is 0 Å². The SMILES string of the molecule is NS(=O)(=O)c1ccccc1S(=O)(=O)NC(=O)c1cnc(-c2cc3ccccc3o2)c(F)c1. The van der Waals surface area contributed by atoms with E-state index in [0.29, 0.717) is 5.58 Å². The molecule has 0 bridgehead atoms. The molecule has 0 spiro atoms. The van der Waals surface area contributed by atoms with E-state index in [1.54, 1.807) is 35.1 Å². The number of amides is 1. The number of para-hydroxylation sites is 1. The van der Waals surface area contributed by atoms with E-state index >= 15 is 0 Å². The number of sulfonamides is 2. The van der Waals surface area contributed by atoms with Crippen molar-refractivity contribution < 1.29 is 30.4 Å². The number of pyridine rings is 1. The predicted octanol–water partition coefficient (Wildman–Crippen LogP) is 2.40. The summed E-state index contributed by atoms with van der Waals surface area (Å²) in [6, 6.07) is 13.9. The minimum Gasteiger partial charge on any atom is -0.454 e. The molecule has 0 atom stereocenters. The first-order valence-corrected chi connectivity index (χ1v) is 11.9. The lowest BCUT2D eigenvalue weighted by Gasteiger charge is -2.10. The third-order valence-corrected chi connectivity index (χ3v) is 6.92. The predicted molar refractivity (Wildman–Crippen MR) is 112 cm³/mol. The lowest BCUT2D eigenvalue weighted by atomic mass is 10.2. The number of nitrogens with one attached hydrogen (secondary N) is 1. The molecule has 32 heavy (non-hydrogen) atoms. The van der Waals surface area contributed by atoms with Crippen LogP contribution in [0.2, 0.25) is 0 Å². The highest BCUT2D eigenvalue weighted by molar-refractivity contribution is 7.92. The van der Waals surface area contributed by atoms with E-state index in [9.17, 15) is 26.0 Å². The standard InChI is InChI=1S/C20H14FN3O6S2/c21-14-9-13(11-23-19(14)16-10-12-5-1-2-6-15(12)30-16)20(25)24-32(28,29)18-8-4-3-7-17(18)31(22,26)27/h1-11H,(H,24,25)(H2,22,26,27). The Balaban J connectivity index is 1.64. The van der Waals surface area contributed by atoms with Gasteiger partial charge in [0, 0.05) is 11.6 Å². The van der Waals surface area contributed by atoms with Gasteiger partial charge in [0.1, 0.15) is 21.1 Å². The molecule has 2 heterocycles. The summed E-state index contributed by atoms with van der Waals surface area (Å²) in [6.07, 6.45) is 0.974. The molecule has 12 heteroatoms. The molecule has 1 amide bonds. The molecule has 4 rings (SSSR count). The largest absolute Gasteiger partial charge is 0.454 e. The second-order valence-electron chi connectivity index (χ2n) is 6.63. The summed E-state index contributed by atoms with van der Waals surface area (Å²) < 4.78 is 70.4. The smallest absolute Gasteiger partial charge is 0.266 e. The Hall–Kier alpha value is -3.61. The highest BCUT2D eigenvalue weighted by Gasteiger charge is 2.26. The summed E-state index contributed by atoms with van der Waals surface area (Å²) in [5.74, 6) is -2.00. The maximum Gasteiger partial charge on any atom is 0.266 e. The third-order valence-electron chi connectivity index (χ3n) is 4.43. The van der Waals surface area contributed by atoms with Gasteiger partial charge in [0.05, 0.1) is 5.56 Å². The molecule has 9 nitrogen and oxygen atoms in total. The van der Waals surface area contributed by atoms with Crippen LogP contribution in [-0.4, -0.2) is 27.7 Å². The monoisotopic (exact) mass is 475 g/mol. The van der Waals surface area contributed by atoms with Gasteiger partial charge in [0.2, 0.25) is 10.0 Å².